The summed E-state index contributed by atoms with van der Waals surface area (Å²) in [5.41, 5.74) is 2.73. The molecule has 0 bridgehead atoms. The predicted octanol–water partition coefficient (Wildman–Crippen LogP) is 4.70. The molecule has 0 aliphatic rings. The first-order valence-corrected chi connectivity index (χ1v) is 9.52. The Morgan fingerprint density at radius 3 is 2.73 bits per heavy atom. The van der Waals surface area contributed by atoms with Gasteiger partial charge in [0, 0.05) is 18.8 Å². The lowest BCUT2D eigenvalue weighted by Crippen LogP contribution is -2.23. The topological polar surface area (TPSA) is 60.5 Å². The molecule has 30 heavy (non-hydrogen) atoms. The molecule has 0 atom stereocenters. The van der Waals surface area contributed by atoms with Gasteiger partial charge in [0.25, 0.3) is 0 Å². The standard InChI is InChI=1S/C24H23FN2O3/c1-17-5-8-22(29-2)19(14-17)11-13-27-24(28)10-7-18-6-9-23(21(25)15-18)30-20-4-3-12-26-16-20/h3-10,12,14-16H,11,13H2,1-2H3,(H,27,28)/b10-7+. The molecule has 1 N–H and O–H groups in total. The smallest absolute Gasteiger partial charge is 0.244 e. The van der Waals surface area contributed by atoms with Crippen molar-refractivity contribution in [2.45, 2.75) is 13.3 Å². The minimum atomic E-state index is -0.520. The number of nitrogens with zero attached hydrogens (tertiary/aromatic N) is 1. The van der Waals surface area contributed by atoms with Crippen LogP contribution in [-0.2, 0) is 11.2 Å². The molecule has 0 unspecified atom stereocenters. The van der Waals surface area contributed by atoms with Gasteiger partial charge in [-0.05, 0) is 60.9 Å². The summed E-state index contributed by atoms with van der Waals surface area (Å²) in [6, 6.07) is 13.8. The monoisotopic (exact) mass is 406 g/mol. The molecule has 0 fully saturated rings. The SMILES string of the molecule is COc1ccc(C)cc1CCNC(=O)/C=C/c1ccc(Oc2cccnc2)c(F)c1. The molecule has 6 heteroatoms. The van der Waals surface area contributed by atoms with E-state index in [2.05, 4.69) is 10.3 Å². The summed E-state index contributed by atoms with van der Waals surface area (Å²) in [5.74, 6) is 0.571. The Morgan fingerprint density at radius 2 is 2.00 bits per heavy atom. The molecule has 2 aromatic carbocycles. The fourth-order valence-corrected chi connectivity index (χ4v) is 2.89. The van der Waals surface area contributed by atoms with Crippen LogP contribution >= 0.6 is 0 Å². The van der Waals surface area contributed by atoms with Crippen LogP contribution in [0.1, 0.15) is 16.7 Å². The second kappa shape index (κ2) is 10.2. The molecule has 0 radical (unpaired) electrons. The summed E-state index contributed by atoms with van der Waals surface area (Å²) < 4.78 is 25.1. The first-order chi connectivity index (χ1) is 14.5. The summed E-state index contributed by atoms with van der Waals surface area (Å²) in [6.07, 6.45) is 6.70. The largest absolute Gasteiger partial charge is 0.496 e. The number of pyridine rings is 1. The van der Waals surface area contributed by atoms with Crippen LogP contribution in [0.4, 0.5) is 4.39 Å². The zero-order chi connectivity index (χ0) is 21.3. The molecule has 1 amide bonds. The van der Waals surface area contributed by atoms with Crippen LogP contribution in [0.5, 0.6) is 17.2 Å². The highest BCUT2D eigenvalue weighted by Crippen LogP contribution is 2.25. The number of ether oxygens (including phenoxy) is 2. The Morgan fingerprint density at radius 1 is 1.17 bits per heavy atom. The third-order valence-electron chi connectivity index (χ3n) is 4.37. The number of carbonyl (C=O) groups excluding carboxylic acids is 1. The Kier molecular flexibility index (Phi) is 7.16. The van der Waals surface area contributed by atoms with Crippen molar-refractivity contribution in [1.82, 2.24) is 10.3 Å². The number of nitrogens with one attached hydrogen (secondary N) is 1. The molecule has 0 saturated carbocycles. The van der Waals surface area contributed by atoms with E-state index in [1.54, 1.807) is 37.6 Å². The lowest BCUT2D eigenvalue weighted by Gasteiger charge is -2.09. The van der Waals surface area contributed by atoms with Crippen LogP contribution in [0.25, 0.3) is 6.08 Å². The number of amides is 1. The van der Waals surface area contributed by atoms with E-state index in [4.69, 9.17) is 9.47 Å². The fraction of sp³-hybridized carbons (Fsp3) is 0.167. The number of rotatable bonds is 8. The highest BCUT2D eigenvalue weighted by molar-refractivity contribution is 5.91. The van der Waals surface area contributed by atoms with Crippen molar-refractivity contribution in [2.24, 2.45) is 0 Å². The number of aryl methyl sites for hydroxylation is 1. The Labute approximate surface area is 175 Å². The number of benzene rings is 2. The maximum atomic E-state index is 14.3. The minimum Gasteiger partial charge on any atom is -0.496 e. The molecule has 0 spiro atoms. The summed E-state index contributed by atoms with van der Waals surface area (Å²) in [5, 5.41) is 2.82. The highest BCUT2D eigenvalue weighted by Gasteiger charge is 2.06. The van der Waals surface area contributed by atoms with E-state index in [0.717, 1.165) is 16.9 Å². The van der Waals surface area contributed by atoms with Crippen LogP contribution < -0.4 is 14.8 Å². The molecule has 1 heterocycles. The van der Waals surface area contributed by atoms with Crippen LogP contribution in [0.2, 0.25) is 0 Å². The average molecular weight is 406 g/mol. The molecule has 154 valence electrons. The van der Waals surface area contributed by atoms with Crippen molar-refractivity contribution in [3.63, 3.8) is 0 Å². The van der Waals surface area contributed by atoms with Crippen LogP contribution in [-0.4, -0.2) is 24.5 Å². The van der Waals surface area contributed by atoms with Crippen molar-refractivity contribution < 1.29 is 18.7 Å². The van der Waals surface area contributed by atoms with E-state index in [1.807, 2.05) is 25.1 Å². The van der Waals surface area contributed by atoms with Crippen molar-refractivity contribution in [3.05, 3.63) is 89.5 Å². The Balaban J connectivity index is 1.53. The van der Waals surface area contributed by atoms with Gasteiger partial charge in [-0.15, -0.1) is 0 Å². The number of carbonyl (C=O) groups is 1. The van der Waals surface area contributed by atoms with Gasteiger partial charge in [0.2, 0.25) is 5.91 Å². The zero-order valence-corrected chi connectivity index (χ0v) is 16.9. The van der Waals surface area contributed by atoms with Gasteiger partial charge in [0.1, 0.15) is 11.5 Å². The number of halogens is 1. The number of hydrogen-bond donors (Lipinski definition) is 1. The zero-order valence-electron chi connectivity index (χ0n) is 16.9. The molecule has 0 aliphatic heterocycles. The minimum absolute atomic E-state index is 0.0942. The van der Waals surface area contributed by atoms with Gasteiger partial charge in [-0.2, -0.15) is 0 Å². The van der Waals surface area contributed by atoms with Gasteiger partial charge in [0.15, 0.2) is 11.6 Å². The van der Waals surface area contributed by atoms with E-state index >= 15 is 0 Å². The molecule has 3 rings (SSSR count). The van der Waals surface area contributed by atoms with Gasteiger partial charge in [0.05, 0.1) is 13.3 Å². The predicted molar refractivity (Wildman–Crippen MR) is 114 cm³/mol. The normalized spacial score (nSPS) is 10.8. The second-order valence-electron chi connectivity index (χ2n) is 6.67. The van der Waals surface area contributed by atoms with Crippen LogP contribution in [0.15, 0.2) is 67.0 Å². The second-order valence-corrected chi connectivity index (χ2v) is 6.67. The molecule has 1 aromatic heterocycles. The molecule has 5 nitrogen and oxygen atoms in total. The maximum Gasteiger partial charge on any atom is 0.244 e. The highest BCUT2D eigenvalue weighted by atomic mass is 19.1. The summed E-state index contributed by atoms with van der Waals surface area (Å²) in [6.45, 7) is 2.48. The Hall–Kier alpha value is -3.67. The lowest BCUT2D eigenvalue weighted by atomic mass is 10.1. The average Bonchev–Trinajstić information content (AvgIpc) is 2.75. The summed E-state index contributed by atoms with van der Waals surface area (Å²) in [7, 11) is 1.63. The van der Waals surface area contributed by atoms with Crippen LogP contribution in [0, 0.1) is 12.7 Å². The van der Waals surface area contributed by atoms with Gasteiger partial charge in [-0.3, -0.25) is 9.78 Å². The van der Waals surface area contributed by atoms with Gasteiger partial charge >= 0.3 is 0 Å². The summed E-state index contributed by atoms with van der Waals surface area (Å²) >= 11 is 0. The van der Waals surface area contributed by atoms with E-state index in [9.17, 15) is 9.18 Å². The van der Waals surface area contributed by atoms with E-state index in [0.29, 0.717) is 24.3 Å². The molecule has 3 aromatic rings. The van der Waals surface area contributed by atoms with Crippen molar-refractivity contribution in [3.8, 4) is 17.2 Å². The molecular weight excluding hydrogens is 383 g/mol. The Bertz CT molecular complexity index is 1040. The first kappa shape index (κ1) is 21.0. The quantitative estimate of drug-likeness (QED) is 0.551. The molecule has 0 saturated heterocycles. The number of methoxy groups -OCH3 is 1. The number of aromatic nitrogens is 1. The third kappa shape index (κ3) is 5.91. The van der Waals surface area contributed by atoms with E-state index in [-0.39, 0.29) is 11.7 Å². The van der Waals surface area contributed by atoms with Gasteiger partial charge in [-0.1, -0.05) is 23.8 Å². The molecular formula is C24H23FN2O3. The molecule has 0 aliphatic carbocycles. The summed E-state index contributed by atoms with van der Waals surface area (Å²) in [4.78, 5) is 16.0. The third-order valence-corrected chi connectivity index (χ3v) is 4.37. The lowest BCUT2D eigenvalue weighted by molar-refractivity contribution is -0.116. The van der Waals surface area contributed by atoms with Crippen molar-refractivity contribution >= 4 is 12.0 Å². The van der Waals surface area contributed by atoms with Gasteiger partial charge in [-0.25, -0.2) is 4.39 Å². The van der Waals surface area contributed by atoms with Crippen molar-refractivity contribution in [1.29, 1.82) is 0 Å². The first-order valence-electron chi connectivity index (χ1n) is 9.52. The van der Waals surface area contributed by atoms with Gasteiger partial charge < -0.3 is 14.8 Å². The van der Waals surface area contributed by atoms with E-state index < -0.39 is 5.82 Å². The van der Waals surface area contributed by atoms with Crippen LogP contribution in [0.3, 0.4) is 0 Å². The maximum absolute atomic E-state index is 14.3. The fourth-order valence-electron chi connectivity index (χ4n) is 2.89. The van der Waals surface area contributed by atoms with E-state index in [1.165, 1.54) is 24.4 Å². The number of hydrogen-bond acceptors (Lipinski definition) is 4. The van der Waals surface area contributed by atoms with Crippen molar-refractivity contribution in [2.75, 3.05) is 13.7 Å².